The summed E-state index contributed by atoms with van der Waals surface area (Å²) in [5.74, 6) is -0.273. The number of rotatable bonds is 3. The molecule has 1 aromatic carbocycles. The number of hydrogen-bond acceptors (Lipinski definition) is 2. The van der Waals surface area contributed by atoms with Crippen LogP contribution in [-0.2, 0) is 12.8 Å². The van der Waals surface area contributed by atoms with Crippen molar-refractivity contribution in [2.24, 2.45) is 0 Å². The quantitative estimate of drug-likeness (QED) is 0.804. The van der Waals surface area contributed by atoms with Crippen LogP contribution in [0.1, 0.15) is 16.8 Å². The van der Waals surface area contributed by atoms with E-state index in [-0.39, 0.29) is 5.82 Å². The van der Waals surface area contributed by atoms with Crippen molar-refractivity contribution >= 4 is 0 Å². The molecule has 0 amide bonds. The number of aromatic nitrogens is 2. The van der Waals surface area contributed by atoms with Crippen LogP contribution in [0.2, 0.25) is 0 Å². The Hall–Kier alpha value is -2.17. The third-order valence-electron chi connectivity index (χ3n) is 2.84. The number of aromatic amines is 2. The highest BCUT2D eigenvalue weighted by molar-refractivity contribution is 5.27. The standard InChI is InChI=1S/C13H13FN2O2/c1-8-2-4-10(14)6-9(8)3-5-11-7-12(17)13(18)16-15-11/h2,4,6-7H,3,5H2,1H3,(H,15,17)(H,16,18). The Morgan fingerprint density at radius 2 is 1.89 bits per heavy atom. The first-order valence-electron chi connectivity index (χ1n) is 5.62. The van der Waals surface area contributed by atoms with E-state index in [9.17, 15) is 14.0 Å². The fraction of sp³-hybridized carbons (Fsp3) is 0.231. The maximum atomic E-state index is 13.1. The lowest BCUT2D eigenvalue weighted by molar-refractivity contribution is 0.624. The van der Waals surface area contributed by atoms with Gasteiger partial charge < -0.3 is 5.10 Å². The fourth-order valence-corrected chi connectivity index (χ4v) is 1.77. The lowest BCUT2D eigenvalue weighted by Crippen LogP contribution is -2.27. The SMILES string of the molecule is Cc1ccc(F)cc1CCc1cc(=O)c(=O)[nH][nH]1. The van der Waals surface area contributed by atoms with Crippen molar-refractivity contribution in [1.29, 1.82) is 0 Å². The molecule has 0 radical (unpaired) electrons. The van der Waals surface area contributed by atoms with Crippen LogP contribution >= 0.6 is 0 Å². The second kappa shape index (κ2) is 5.00. The van der Waals surface area contributed by atoms with Crippen LogP contribution in [-0.4, -0.2) is 10.2 Å². The Bertz CT molecular complexity index is 673. The molecule has 2 aromatic rings. The largest absolute Gasteiger partial charge is 0.310 e. The van der Waals surface area contributed by atoms with E-state index in [1.165, 1.54) is 18.2 Å². The molecule has 0 aliphatic rings. The predicted octanol–water partition coefficient (Wildman–Crippen LogP) is 1.30. The molecule has 2 N–H and O–H groups in total. The topological polar surface area (TPSA) is 65.7 Å². The summed E-state index contributed by atoms with van der Waals surface area (Å²) in [5.41, 5.74) is 1.29. The predicted molar refractivity (Wildman–Crippen MR) is 66.2 cm³/mol. The molecular weight excluding hydrogens is 235 g/mol. The summed E-state index contributed by atoms with van der Waals surface area (Å²) in [6, 6.07) is 5.90. The molecule has 1 heterocycles. The molecule has 5 heteroatoms. The normalized spacial score (nSPS) is 10.6. The summed E-state index contributed by atoms with van der Waals surface area (Å²) in [4.78, 5) is 22.0. The van der Waals surface area contributed by atoms with Gasteiger partial charge in [0.25, 0.3) is 0 Å². The van der Waals surface area contributed by atoms with Gasteiger partial charge in [-0.05, 0) is 43.0 Å². The first-order valence-corrected chi connectivity index (χ1v) is 5.62. The molecule has 0 saturated carbocycles. The zero-order valence-electron chi connectivity index (χ0n) is 9.92. The van der Waals surface area contributed by atoms with Gasteiger partial charge in [0.05, 0.1) is 0 Å². The number of hydrogen-bond donors (Lipinski definition) is 2. The van der Waals surface area contributed by atoms with Crippen LogP contribution in [0.3, 0.4) is 0 Å². The van der Waals surface area contributed by atoms with Crippen molar-refractivity contribution in [2.45, 2.75) is 19.8 Å². The highest BCUT2D eigenvalue weighted by Crippen LogP contribution is 2.12. The van der Waals surface area contributed by atoms with Crippen LogP contribution in [0.5, 0.6) is 0 Å². The summed E-state index contributed by atoms with van der Waals surface area (Å²) in [5, 5.41) is 4.91. The molecule has 1 aromatic heterocycles. The van der Waals surface area contributed by atoms with Crippen molar-refractivity contribution < 1.29 is 4.39 Å². The van der Waals surface area contributed by atoms with Crippen LogP contribution in [0.15, 0.2) is 33.9 Å². The lowest BCUT2D eigenvalue weighted by atomic mass is 10.0. The van der Waals surface area contributed by atoms with Gasteiger partial charge in [-0.15, -0.1) is 0 Å². The van der Waals surface area contributed by atoms with E-state index in [2.05, 4.69) is 10.2 Å². The van der Waals surface area contributed by atoms with E-state index in [1.54, 1.807) is 6.07 Å². The minimum atomic E-state index is -0.666. The molecule has 18 heavy (non-hydrogen) atoms. The molecule has 2 rings (SSSR count). The van der Waals surface area contributed by atoms with Crippen molar-refractivity contribution in [2.75, 3.05) is 0 Å². The zero-order valence-corrected chi connectivity index (χ0v) is 9.92. The van der Waals surface area contributed by atoms with Crippen LogP contribution in [0, 0.1) is 12.7 Å². The maximum absolute atomic E-state index is 13.1. The molecule has 0 atom stereocenters. The molecule has 0 aliphatic carbocycles. The van der Waals surface area contributed by atoms with Gasteiger partial charge in [0.15, 0.2) is 0 Å². The van der Waals surface area contributed by atoms with Gasteiger partial charge >= 0.3 is 5.56 Å². The molecule has 0 fully saturated rings. The molecule has 0 spiro atoms. The van der Waals surface area contributed by atoms with Crippen molar-refractivity contribution in [1.82, 2.24) is 10.2 Å². The van der Waals surface area contributed by atoms with E-state index < -0.39 is 11.0 Å². The van der Waals surface area contributed by atoms with E-state index in [4.69, 9.17) is 0 Å². The van der Waals surface area contributed by atoms with E-state index >= 15 is 0 Å². The number of halogens is 1. The smallest absolute Gasteiger partial charge is 0.302 e. The van der Waals surface area contributed by atoms with Gasteiger partial charge in [-0.1, -0.05) is 6.07 Å². The third kappa shape index (κ3) is 2.74. The first kappa shape index (κ1) is 12.3. The number of H-pyrrole nitrogens is 2. The van der Waals surface area contributed by atoms with E-state index in [1.807, 2.05) is 6.92 Å². The van der Waals surface area contributed by atoms with Gasteiger partial charge in [0.1, 0.15) is 5.82 Å². The van der Waals surface area contributed by atoms with Gasteiger partial charge in [0.2, 0.25) is 5.43 Å². The van der Waals surface area contributed by atoms with Crippen molar-refractivity contribution in [3.05, 3.63) is 67.5 Å². The summed E-state index contributed by atoms with van der Waals surface area (Å²) in [6.45, 7) is 1.91. The Labute approximate surface area is 102 Å². The highest BCUT2D eigenvalue weighted by Gasteiger charge is 2.03. The lowest BCUT2D eigenvalue weighted by Gasteiger charge is -2.05. The zero-order chi connectivity index (χ0) is 13.1. The fourth-order valence-electron chi connectivity index (χ4n) is 1.77. The number of aryl methyl sites for hydroxylation is 3. The molecule has 0 unspecified atom stereocenters. The van der Waals surface area contributed by atoms with Gasteiger partial charge in [0, 0.05) is 11.8 Å². The first-order chi connectivity index (χ1) is 8.56. The minimum Gasteiger partial charge on any atom is -0.302 e. The van der Waals surface area contributed by atoms with Gasteiger partial charge in [-0.3, -0.25) is 14.7 Å². The van der Waals surface area contributed by atoms with Gasteiger partial charge in [-0.2, -0.15) is 0 Å². The second-order valence-corrected chi connectivity index (χ2v) is 4.18. The summed E-state index contributed by atoms with van der Waals surface area (Å²) in [7, 11) is 0. The monoisotopic (exact) mass is 248 g/mol. The summed E-state index contributed by atoms with van der Waals surface area (Å²) in [6.07, 6.45) is 1.14. The number of benzene rings is 1. The average Bonchev–Trinajstić information content (AvgIpc) is 2.34. The maximum Gasteiger partial charge on any atom is 0.310 e. The van der Waals surface area contributed by atoms with Crippen molar-refractivity contribution in [3.8, 4) is 0 Å². The highest BCUT2D eigenvalue weighted by atomic mass is 19.1. The number of nitrogens with one attached hydrogen (secondary N) is 2. The Morgan fingerprint density at radius 1 is 1.11 bits per heavy atom. The third-order valence-corrected chi connectivity index (χ3v) is 2.84. The molecule has 4 nitrogen and oxygen atoms in total. The van der Waals surface area contributed by atoms with E-state index in [0.29, 0.717) is 18.5 Å². The second-order valence-electron chi connectivity index (χ2n) is 4.18. The Morgan fingerprint density at radius 3 is 2.61 bits per heavy atom. The Kier molecular flexibility index (Phi) is 3.41. The molecule has 94 valence electrons. The van der Waals surface area contributed by atoms with Gasteiger partial charge in [-0.25, -0.2) is 4.39 Å². The van der Waals surface area contributed by atoms with Crippen LogP contribution < -0.4 is 11.0 Å². The van der Waals surface area contributed by atoms with Crippen LogP contribution in [0.4, 0.5) is 4.39 Å². The average molecular weight is 248 g/mol. The van der Waals surface area contributed by atoms with E-state index in [0.717, 1.165) is 11.1 Å². The molecular formula is C13H13FN2O2. The van der Waals surface area contributed by atoms with Crippen molar-refractivity contribution in [3.63, 3.8) is 0 Å². The molecule has 0 bridgehead atoms. The van der Waals surface area contributed by atoms with Crippen LogP contribution in [0.25, 0.3) is 0 Å². The molecule has 0 aliphatic heterocycles. The minimum absolute atomic E-state index is 0.273. The summed E-state index contributed by atoms with van der Waals surface area (Å²) >= 11 is 0. The molecule has 0 saturated heterocycles. The Balaban J connectivity index is 2.16. The summed E-state index contributed by atoms with van der Waals surface area (Å²) < 4.78 is 13.1.